The number of rotatable bonds is 4. The lowest BCUT2D eigenvalue weighted by Crippen LogP contribution is -1.99. The monoisotopic (exact) mass is 272 g/mol. The molecule has 0 aliphatic carbocycles. The van der Waals surface area contributed by atoms with Gasteiger partial charge in [0.2, 0.25) is 0 Å². The molecule has 0 aromatic heterocycles. The van der Waals surface area contributed by atoms with Crippen LogP contribution in [-0.2, 0) is 6.54 Å². The van der Waals surface area contributed by atoms with Gasteiger partial charge in [-0.2, -0.15) is 5.26 Å². The highest BCUT2D eigenvalue weighted by Gasteiger charge is 2.01. The van der Waals surface area contributed by atoms with Gasteiger partial charge in [-0.15, -0.1) is 0 Å². The second-order valence-corrected chi connectivity index (χ2v) is 4.42. The van der Waals surface area contributed by atoms with E-state index in [-0.39, 0.29) is 0 Å². The van der Waals surface area contributed by atoms with Gasteiger partial charge in [0, 0.05) is 12.2 Å². The van der Waals surface area contributed by atoms with Crippen molar-refractivity contribution < 1.29 is 4.74 Å². The Morgan fingerprint density at radius 3 is 2.53 bits per heavy atom. The average molecular weight is 273 g/mol. The molecule has 0 spiro atoms. The summed E-state index contributed by atoms with van der Waals surface area (Å²) in [5, 5.41) is 12.6. The third-order valence-electron chi connectivity index (χ3n) is 2.73. The van der Waals surface area contributed by atoms with Crippen molar-refractivity contribution >= 4 is 17.3 Å². The molecule has 96 valence electrons. The Labute approximate surface area is 117 Å². The second-order valence-electron chi connectivity index (χ2n) is 4.01. The second kappa shape index (κ2) is 6.12. The first-order chi connectivity index (χ1) is 9.22. The fraction of sp³-hybridized carbons (Fsp3) is 0.133. The highest BCUT2D eigenvalue weighted by molar-refractivity contribution is 6.32. The van der Waals surface area contributed by atoms with Crippen LogP contribution in [0.15, 0.2) is 42.5 Å². The number of ether oxygens (including phenoxy) is 1. The number of nitrogens with zero attached hydrogens (tertiary/aromatic N) is 1. The number of methoxy groups -OCH3 is 1. The summed E-state index contributed by atoms with van der Waals surface area (Å²) in [6.45, 7) is 0.662. The summed E-state index contributed by atoms with van der Waals surface area (Å²) >= 11 is 6.06. The molecule has 0 unspecified atom stereocenters. The molecule has 0 aliphatic heterocycles. The molecule has 2 aromatic rings. The Hall–Kier alpha value is -2.18. The van der Waals surface area contributed by atoms with E-state index in [1.54, 1.807) is 19.2 Å². The maximum absolute atomic E-state index is 8.72. The standard InChI is InChI=1S/C15H13ClN2O/c1-19-15-7-4-12(8-14(15)16)10-18-13-5-2-11(9-17)3-6-13/h2-8,18H,10H2,1H3. The van der Waals surface area contributed by atoms with Crippen molar-refractivity contribution in [1.29, 1.82) is 5.26 Å². The van der Waals surface area contributed by atoms with Crippen LogP contribution in [0.1, 0.15) is 11.1 Å². The summed E-state index contributed by atoms with van der Waals surface area (Å²) in [6.07, 6.45) is 0. The molecule has 0 aliphatic rings. The topological polar surface area (TPSA) is 45.0 Å². The average Bonchev–Trinajstić information content (AvgIpc) is 2.46. The van der Waals surface area contributed by atoms with Crippen LogP contribution >= 0.6 is 11.6 Å². The molecule has 0 bridgehead atoms. The molecule has 0 amide bonds. The van der Waals surface area contributed by atoms with E-state index in [0.29, 0.717) is 22.9 Å². The van der Waals surface area contributed by atoms with E-state index >= 15 is 0 Å². The zero-order chi connectivity index (χ0) is 13.7. The molecule has 0 saturated heterocycles. The van der Waals surface area contributed by atoms with Gasteiger partial charge in [0.15, 0.2) is 0 Å². The Morgan fingerprint density at radius 2 is 1.95 bits per heavy atom. The molecule has 0 heterocycles. The number of anilines is 1. The van der Waals surface area contributed by atoms with Gasteiger partial charge in [-0.3, -0.25) is 0 Å². The van der Waals surface area contributed by atoms with Crippen molar-refractivity contribution in [3.05, 3.63) is 58.6 Å². The fourth-order valence-corrected chi connectivity index (χ4v) is 1.97. The molecule has 19 heavy (non-hydrogen) atoms. The maximum Gasteiger partial charge on any atom is 0.137 e. The first-order valence-electron chi connectivity index (χ1n) is 5.79. The first-order valence-corrected chi connectivity index (χ1v) is 6.17. The van der Waals surface area contributed by atoms with Gasteiger partial charge in [-0.25, -0.2) is 0 Å². The van der Waals surface area contributed by atoms with Gasteiger partial charge in [0.05, 0.1) is 23.8 Å². The molecule has 3 nitrogen and oxygen atoms in total. The summed E-state index contributed by atoms with van der Waals surface area (Å²) in [5.41, 5.74) is 2.68. The highest BCUT2D eigenvalue weighted by Crippen LogP contribution is 2.25. The lowest BCUT2D eigenvalue weighted by Gasteiger charge is -2.08. The minimum absolute atomic E-state index is 0.599. The Morgan fingerprint density at radius 1 is 1.21 bits per heavy atom. The quantitative estimate of drug-likeness (QED) is 0.920. The maximum atomic E-state index is 8.72. The summed E-state index contributed by atoms with van der Waals surface area (Å²) in [6, 6.07) is 15.1. The van der Waals surface area contributed by atoms with E-state index in [9.17, 15) is 0 Å². The molecule has 0 fully saturated rings. The zero-order valence-electron chi connectivity index (χ0n) is 10.5. The largest absolute Gasteiger partial charge is 0.495 e. The van der Waals surface area contributed by atoms with E-state index in [1.165, 1.54) is 0 Å². The Kier molecular flexibility index (Phi) is 4.27. The SMILES string of the molecule is COc1ccc(CNc2ccc(C#N)cc2)cc1Cl. The van der Waals surface area contributed by atoms with Crippen molar-refractivity contribution in [2.45, 2.75) is 6.54 Å². The molecule has 2 aromatic carbocycles. The van der Waals surface area contributed by atoms with Crippen LogP contribution in [0.5, 0.6) is 5.75 Å². The van der Waals surface area contributed by atoms with E-state index in [2.05, 4.69) is 11.4 Å². The van der Waals surface area contributed by atoms with Crippen LogP contribution in [0.4, 0.5) is 5.69 Å². The normalized spacial score (nSPS) is 9.74. The van der Waals surface area contributed by atoms with Gasteiger partial charge >= 0.3 is 0 Å². The summed E-state index contributed by atoms with van der Waals surface area (Å²) < 4.78 is 5.11. The first kappa shape index (κ1) is 13.3. The summed E-state index contributed by atoms with van der Waals surface area (Å²) in [4.78, 5) is 0. The van der Waals surface area contributed by atoms with Gasteiger partial charge < -0.3 is 10.1 Å². The number of hydrogen-bond donors (Lipinski definition) is 1. The van der Waals surface area contributed by atoms with E-state index in [4.69, 9.17) is 21.6 Å². The third kappa shape index (κ3) is 3.40. The van der Waals surface area contributed by atoms with Crippen molar-refractivity contribution in [3.8, 4) is 11.8 Å². The molecule has 0 saturated carbocycles. The van der Waals surface area contributed by atoms with Gasteiger partial charge in [-0.05, 0) is 42.0 Å². The van der Waals surface area contributed by atoms with Crippen LogP contribution in [-0.4, -0.2) is 7.11 Å². The van der Waals surface area contributed by atoms with Crippen LogP contribution in [0.25, 0.3) is 0 Å². The fourth-order valence-electron chi connectivity index (χ4n) is 1.69. The Balaban J connectivity index is 2.02. The lowest BCUT2D eigenvalue weighted by atomic mass is 10.2. The number of hydrogen-bond acceptors (Lipinski definition) is 3. The Bertz CT molecular complexity index is 603. The predicted molar refractivity (Wildman–Crippen MR) is 76.5 cm³/mol. The molecule has 4 heteroatoms. The van der Waals surface area contributed by atoms with Crippen molar-refractivity contribution in [1.82, 2.24) is 0 Å². The van der Waals surface area contributed by atoms with E-state index < -0.39 is 0 Å². The van der Waals surface area contributed by atoms with Crippen molar-refractivity contribution in [3.63, 3.8) is 0 Å². The number of nitriles is 1. The van der Waals surface area contributed by atoms with Crippen LogP contribution < -0.4 is 10.1 Å². The molecular weight excluding hydrogens is 260 g/mol. The molecular formula is C15H13ClN2O. The van der Waals surface area contributed by atoms with Crippen molar-refractivity contribution in [2.24, 2.45) is 0 Å². The lowest BCUT2D eigenvalue weighted by molar-refractivity contribution is 0.415. The summed E-state index contributed by atoms with van der Waals surface area (Å²) in [7, 11) is 1.59. The highest BCUT2D eigenvalue weighted by atomic mass is 35.5. The van der Waals surface area contributed by atoms with Gasteiger partial charge in [0.25, 0.3) is 0 Å². The predicted octanol–water partition coefficient (Wildman–Crippen LogP) is 3.83. The number of nitrogens with one attached hydrogen (secondary N) is 1. The third-order valence-corrected chi connectivity index (χ3v) is 3.02. The minimum atomic E-state index is 0.599. The molecule has 0 atom stereocenters. The van der Waals surface area contributed by atoms with Gasteiger partial charge in [-0.1, -0.05) is 17.7 Å². The number of benzene rings is 2. The van der Waals surface area contributed by atoms with E-state index in [0.717, 1.165) is 11.3 Å². The zero-order valence-corrected chi connectivity index (χ0v) is 11.2. The smallest absolute Gasteiger partial charge is 0.137 e. The van der Waals surface area contributed by atoms with Crippen LogP contribution in [0.2, 0.25) is 5.02 Å². The summed E-state index contributed by atoms with van der Waals surface area (Å²) in [5.74, 6) is 0.670. The number of halogens is 1. The van der Waals surface area contributed by atoms with E-state index in [1.807, 2.05) is 30.3 Å². The van der Waals surface area contributed by atoms with Crippen LogP contribution in [0.3, 0.4) is 0 Å². The van der Waals surface area contributed by atoms with Crippen LogP contribution in [0, 0.1) is 11.3 Å². The molecule has 0 radical (unpaired) electrons. The van der Waals surface area contributed by atoms with Gasteiger partial charge in [0.1, 0.15) is 5.75 Å². The minimum Gasteiger partial charge on any atom is -0.495 e. The molecule has 2 rings (SSSR count). The van der Waals surface area contributed by atoms with Crippen molar-refractivity contribution in [2.75, 3.05) is 12.4 Å². The molecule has 1 N–H and O–H groups in total.